The number of nitrogens with one attached hydrogen (secondary N) is 2. The summed E-state index contributed by atoms with van der Waals surface area (Å²) in [6.07, 6.45) is 0. The Morgan fingerprint density at radius 3 is 2.39 bits per heavy atom. The van der Waals surface area contributed by atoms with Gasteiger partial charge in [0.25, 0.3) is 0 Å². The molecule has 1 aromatic heterocycles. The summed E-state index contributed by atoms with van der Waals surface area (Å²) in [6, 6.07) is 8.03. The molecular weight excluding hydrogens is 295 g/mol. The standard InChI is InChI=1S/C18H23FN2O2/c1-12-9-14(13(2)23-12)10-20-17(22)21-11-18(3,4)15-5-7-16(19)8-6-15/h5-9H,10-11H2,1-4H3,(H2,20,21,22). The highest BCUT2D eigenvalue weighted by molar-refractivity contribution is 5.74. The maximum absolute atomic E-state index is 13.0. The molecule has 0 aliphatic carbocycles. The Bertz CT molecular complexity index is 675. The van der Waals surface area contributed by atoms with Crippen LogP contribution in [0.5, 0.6) is 0 Å². The number of urea groups is 1. The summed E-state index contributed by atoms with van der Waals surface area (Å²) in [5.41, 5.74) is 1.66. The fourth-order valence-electron chi connectivity index (χ4n) is 2.40. The zero-order chi connectivity index (χ0) is 17.0. The number of hydrogen-bond donors (Lipinski definition) is 2. The predicted octanol–water partition coefficient (Wildman–Crippen LogP) is 3.81. The van der Waals surface area contributed by atoms with Crippen molar-refractivity contribution < 1.29 is 13.6 Å². The number of halogens is 1. The second-order valence-electron chi connectivity index (χ2n) is 6.37. The summed E-state index contributed by atoms with van der Waals surface area (Å²) in [5.74, 6) is 1.38. The van der Waals surface area contributed by atoms with Crippen molar-refractivity contribution in [2.24, 2.45) is 0 Å². The highest BCUT2D eigenvalue weighted by atomic mass is 19.1. The molecule has 0 saturated carbocycles. The van der Waals surface area contributed by atoms with E-state index in [1.54, 1.807) is 12.1 Å². The van der Waals surface area contributed by atoms with E-state index < -0.39 is 0 Å². The van der Waals surface area contributed by atoms with Crippen LogP contribution >= 0.6 is 0 Å². The van der Waals surface area contributed by atoms with E-state index in [9.17, 15) is 9.18 Å². The molecule has 0 unspecified atom stereocenters. The second-order valence-corrected chi connectivity index (χ2v) is 6.37. The van der Waals surface area contributed by atoms with E-state index in [0.29, 0.717) is 13.1 Å². The van der Waals surface area contributed by atoms with Gasteiger partial charge in [-0.2, -0.15) is 0 Å². The molecule has 2 aromatic rings. The molecule has 124 valence electrons. The summed E-state index contributed by atoms with van der Waals surface area (Å²) in [7, 11) is 0. The predicted molar refractivity (Wildman–Crippen MR) is 87.8 cm³/mol. The van der Waals surface area contributed by atoms with Gasteiger partial charge in [-0.05, 0) is 37.6 Å². The molecule has 0 atom stereocenters. The Labute approximate surface area is 136 Å². The number of carbonyl (C=O) groups is 1. The smallest absolute Gasteiger partial charge is 0.315 e. The molecule has 0 aliphatic rings. The lowest BCUT2D eigenvalue weighted by molar-refractivity contribution is 0.238. The third-order valence-electron chi connectivity index (χ3n) is 3.90. The molecule has 0 saturated heterocycles. The molecule has 23 heavy (non-hydrogen) atoms. The van der Waals surface area contributed by atoms with Gasteiger partial charge < -0.3 is 15.1 Å². The summed E-state index contributed by atoms with van der Waals surface area (Å²) < 4.78 is 18.4. The van der Waals surface area contributed by atoms with Gasteiger partial charge in [0, 0.05) is 24.1 Å². The number of benzene rings is 1. The van der Waals surface area contributed by atoms with Crippen molar-refractivity contribution in [1.29, 1.82) is 0 Å². The number of furan rings is 1. The fraction of sp³-hybridized carbons (Fsp3) is 0.389. The number of rotatable bonds is 5. The third-order valence-corrected chi connectivity index (χ3v) is 3.90. The van der Waals surface area contributed by atoms with Crippen molar-refractivity contribution in [2.75, 3.05) is 6.54 Å². The van der Waals surface area contributed by atoms with Crippen LogP contribution in [0.15, 0.2) is 34.7 Å². The van der Waals surface area contributed by atoms with Gasteiger partial charge in [0.05, 0.1) is 0 Å². The van der Waals surface area contributed by atoms with Crippen LogP contribution in [0.3, 0.4) is 0 Å². The summed E-state index contributed by atoms with van der Waals surface area (Å²) in [5, 5.41) is 5.67. The molecule has 0 aliphatic heterocycles. The molecular formula is C18H23FN2O2. The minimum Gasteiger partial charge on any atom is -0.466 e. The molecule has 0 radical (unpaired) electrons. The van der Waals surface area contributed by atoms with Gasteiger partial charge in [0.15, 0.2) is 0 Å². The third kappa shape index (κ3) is 4.58. The average molecular weight is 318 g/mol. The van der Waals surface area contributed by atoms with Gasteiger partial charge in [-0.25, -0.2) is 9.18 Å². The lowest BCUT2D eigenvalue weighted by Crippen LogP contribution is -2.42. The zero-order valence-electron chi connectivity index (χ0n) is 14.0. The highest BCUT2D eigenvalue weighted by Gasteiger charge is 2.21. The van der Waals surface area contributed by atoms with E-state index in [4.69, 9.17) is 4.42 Å². The SMILES string of the molecule is Cc1cc(CNC(=O)NCC(C)(C)c2ccc(F)cc2)c(C)o1. The lowest BCUT2D eigenvalue weighted by atomic mass is 9.84. The number of carbonyl (C=O) groups excluding carboxylic acids is 1. The Kier molecular flexibility index (Phi) is 5.08. The van der Waals surface area contributed by atoms with E-state index in [2.05, 4.69) is 10.6 Å². The maximum atomic E-state index is 13.0. The van der Waals surface area contributed by atoms with Gasteiger partial charge in [-0.15, -0.1) is 0 Å². The van der Waals surface area contributed by atoms with Gasteiger partial charge in [0.1, 0.15) is 17.3 Å². The minimum atomic E-state index is -0.285. The molecule has 2 N–H and O–H groups in total. The fourth-order valence-corrected chi connectivity index (χ4v) is 2.40. The van der Waals surface area contributed by atoms with E-state index in [-0.39, 0.29) is 17.3 Å². The lowest BCUT2D eigenvalue weighted by Gasteiger charge is -2.25. The summed E-state index contributed by atoms with van der Waals surface area (Å²) in [4.78, 5) is 12.0. The van der Waals surface area contributed by atoms with Crippen LogP contribution in [0.1, 0.15) is 36.5 Å². The van der Waals surface area contributed by atoms with Crippen LogP contribution in [0.25, 0.3) is 0 Å². The monoisotopic (exact) mass is 318 g/mol. The van der Waals surface area contributed by atoms with Crippen LogP contribution in [-0.4, -0.2) is 12.6 Å². The van der Waals surface area contributed by atoms with Gasteiger partial charge in [-0.1, -0.05) is 26.0 Å². The molecule has 2 amide bonds. The normalized spacial score (nSPS) is 11.3. The van der Waals surface area contributed by atoms with Crippen LogP contribution in [-0.2, 0) is 12.0 Å². The minimum absolute atomic E-state index is 0.238. The molecule has 0 bridgehead atoms. The second kappa shape index (κ2) is 6.86. The molecule has 0 spiro atoms. The van der Waals surface area contributed by atoms with Crippen LogP contribution in [0.4, 0.5) is 9.18 Å². The van der Waals surface area contributed by atoms with Crippen molar-refractivity contribution in [1.82, 2.24) is 10.6 Å². The first-order valence-corrected chi connectivity index (χ1v) is 7.61. The number of hydrogen-bond acceptors (Lipinski definition) is 2. The summed E-state index contributed by atoms with van der Waals surface area (Å²) in [6.45, 7) is 8.63. The molecule has 1 aromatic carbocycles. The van der Waals surface area contributed by atoms with E-state index in [0.717, 1.165) is 22.6 Å². The first-order chi connectivity index (χ1) is 10.8. The van der Waals surface area contributed by atoms with Crippen molar-refractivity contribution in [3.05, 3.63) is 58.8 Å². The molecule has 4 nitrogen and oxygen atoms in total. The van der Waals surface area contributed by atoms with Crippen LogP contribution < -0.4 is 10.6 Å². The topological polar surface area (TPSA) is 54.3 Å². The molecule has 5 heteroatoms. The van der Waals surface area contributed by atoms with Gasteiger partial charge in [0.2, 0.25) is 0 Å². The quantitative estimate of drug-likeness (QED) is 0.880. The molecule has 0 fully saturated rings. The van der Waals surface area contributed by atoms with E-state index in [1.807, 2.05) is 33.8 Å². The van der Waals surface area contributed by atoms with Crippen molar-refractivity contribution >= 4 is 6.03 Å². The van der Waals surface area contributed by atoms with Gasteiger partial charge in [-0.3, -0.25) is 0 Å². The van der Waals surface area contributed by atoms with Crippen molar-refractivity contribution in [3.63, 3.8) is 0 Å². The zero-order valence-corrected chi connectivity index (χ0v) is 14.0. The average Bonchev–Trinajstić information content (AvgIpc) is 2.81. The first-order valence-electron chi connectivity index (χ1n) is 7.61. The van der Waals surface area contributed by atoms with Gasteiger partial charge >= 0.3 is 6.03 Å². The summed E-state index contributed by atoms with van der Waals surface area (Å²) >= 11 is 0. The van der Waals surface area contributed by atoms with Crippen molar-refractivity contribution in [3.8, 4) is 0 Å². The highest BCUT2D eigenvalue weighted by Crippen LogP contribution is 2.22. The molecule has 1 heterocycles. The Morgan fingerprint density at radius 2 is 1.83 bits per heavy atom. The van der Waals surface area contributed by atoms with E-state index in [1.165, 1.54) is 12.1 Å². The van der Waals surface area contributed by atoms with Crippen LogP contribution in [0, 0.1) is 19.7 Å². The van der Waals surface area contributed by atoms with Crippen LogP contribution in [0.2, 0.25) is 0 Å². The number of aryl methyl sites for hydroxylation is 2. The largest absolute Gasteiger partial charge is 0.466 e. The molecule has 2 rings (SSSR count). The van der Waals surface area contributed by atoms with Crippen molar-refractivity contribution in [2.45, 2.75) is 39.7 Å². The Morgan fingerprint density at radius 1 is 1.17 bits per heavy atom. The Hall–Kier alpha value is -2.30. The first kappa shape index (κ1) is 17.1. The van der Waals surface area contributed by atoms with E-state index >= 15 is 0 Å². The Balaban J connectivity index is 1.85. The number of amides is 2. The maximum Gasteiger partial charge on any atom is 0.315 e.